The number of hydrogen-bond acceptors (Lipinski definition) is 6. The van der Waals surface area contributed by atoms with Crippen LogP contribution in [0, 0.1) is 5.92 Å². The average molecular weight is 508 g/mol. The van der Waals surface area contributed by atoms with Crippen LogP contribution < -0.4 is 14.4 Å². The second kappa shape index (κ2) is 10.4. The van der Waals surface area contributed by atoms with Gasteiger partial charge < -0.3 is 19.3 Å². The van der Waals surface area contributed by atoms with Gasteiger partial charge in [-0.25, -0.2) is 8.42 Å². The van der Waals surface area contributed by atoms with Crippen LogP contribution >= 0.6 is 11.6 Å². The van der Waals surface area contributed by atoms with Crippen molar-refractivity contribution in [3.05, 3.63) is 47.5 Å². The number of piperazine rings is 1. The highest BCUT2D eigenvalue weighted by Crippen LogP contribution is 2.33. The van der Waals surface area contributed by atoms with Crippen LogP contribution in [0.15, 0.2) is 47.4 Å². The van der Waals surface area contributed by atoms with E-state index in [0.29, 0.717) is 50.6 Å². The number of methoxy groups -OCH3 is 2. The molecule has 2 saturated heterocycles. The second-order valence-electron chi connectivity index (χ2n) is 8.48. The van der Waals surface area contributed by atoms with Gasteiger partial charge >= 0.3 is 0 Å². The summed E-state index contributed by atoms with van der Waals surface area (Å²) >= 11 is 6.06. The normalized spacial score (nSPS) is 19.7. The summed E-state index contributed by atoms with van der Waals surface area (Å²) in [6.45, 7) is 3.08. The summed E-state index contributed by atoms with van der Waals surface area (Å²) in [6, 6.07) is 12.4. The Kier molecular flexibility index (Phi) is 7.54. The van der Waals surface area contributed by atoms with Crippen LogP contribution in [-0.2, 0) is 14.8 Å². The van der Waals surface area contributed by atoms with Crippen molar-refractivity contribution in [1.29, 1.82) is 0 Å². The highest BCUT2D eigenvalue weighted by molar-refractivity contribution is 7.89. The lowest BCUT2D eigenvalue weighted by Gasteiger charge is -2.39. The Morgan fingerprint density at radius 1 is 0.971 bits per heavy atom. The largest absolute Gasteiger partial charge is 0.495 e. The summed E-state index contributed by atoms with van der Waals surface area (Å²) in [7, 11) is -0.767. The smallest absolute Gasteiger partial charge is 0.246 e. The number of halogens is 1. The summed E-state index contributed by atoms with van der Waals surface area (Å²) in [6.07, 6.45) is 1.30. The van der Waals surface area contributed by atoms with Crippen LogP contribution in [0.3, 0.4) is 0 Å². The molecule has 2 aromatic carbocycles. The van der Waals surface area contributed by atoms with Crippen molar-refractivity contribution in [2.75, 3.05) is 58.4 Å². The maximum absolute atomic E-state index is 13.4. The van der Waals surface area contributed by atoms with Crippen molar-refractivity contribution >= 4 is 33.2 Å². The average Bonchev–Trinajstić information content (AvgIpc) is 2.88. The van der Waals surface area contributed by atoms with Crippen molar-refractivity contribution in [3.8, 4) is 11.5 Å². The maximum Gasteiger partial charge on any atom is 0.246 e. The number of carbonyl (C=O) groups is 1. The van der Waals surface area contributed by atoms with Crippen molar-refractivity contribution in [2.45, 2.75) is 17.7 Å². The second-order valence-corrected chi connectivity index (χ2v) is 10.8. The fourth-order valence-corrected chi connectivity index (χ4v) is 6.61. The molecule has 0 unspecified atom stereocenters. The molecule has 2 aliphatic heterocycles. The molecule has 34 heavy (non-hydrogen) atoms. The molecule has 0 radical (unpaired) electrons. The van der Waals surface area contributed by atoms with Gasteiger partial charge in [0.05, 0.1) is 25.8 Å². The summed E-state index contributed by atoms with van der Waals surface area (Å²) in [5, 5.41) is 0.317. The van der Waals surface area contributed by atoms with E-state index in [2.05, 4.69) is 4.90 Å². The van der Waals surface area contributed by atoms with Gasteiger partial charge in [0, 0.05) is 44.3 Å². The highest BCUT2D eigenvalue weighted by atomic mass is 35.5. The third kappa shape index (κ3) is 4.96. The van der Waals surface area contributed by atoms with E-state index in [1.54, 1.807) is 19.2 Å². The monoisotopic (exact) mass is 507 g/mol. The van der Waals surface area contributed by atoms with Gasteiger partial charge in [-0.1, -0.05) is 23.7 Å². The number of sulfonamides is 1. The molecule has 2 aromatic rings. The number of para-hydroxylation sites is 2. The minimum Gasteiger partial charge on any atom is -0.495 e. The van der Waals surface area contributed by atoms with Gasteiger partial charge in [-0.3, -0.25) is 4.79 Å². The number of nitrogens with zero attached hydrogens (tertiary/aromatic N) is 3. The molecule has 0 aliphatic carbocycles. The molecule has 2 fully saturated rings. The third-order valence-electron chi connectivity index (χ3n) is 6.49. The predicted octanol–water partition coefficient (Wildman–Crippen LogP) is 3.11. The molecular formula is C24H30ClN3O5S. The Hall–Kier alpha value is -2.49. The molecule has 4 rings (SSSR count). The van der Waals surface area contributed by atoms with Crippen LogP contribution in [0.1, 0.15) is 12.8 Å². The van der Waals surface area contributed by atoms with E-state index in [9.17, 15) is 13.2 Å². The number of ether oxygens (including phenoxy) is 2. The molecule has 0 spiro atoms. The first-order valence-corrected chi connectivity index (χ1v) is 13.2. The number of amides is 1. The Balaban J connectivity index is 1.43. The fourth-order valence-electron chi connectivity index (χ4n) is 4.67. The minimum absolute atomic E-state index is 0.0117. The Morgan fingerprint density at radius 3 is 2.38 bits per heavy atom. The van der Waals surface area contributed by atoms with Gasteiger partial charge in [-0.05, 0) is 43.2 Å². The number of benzene rings is 2. The van der Waals surface area contributed by atoms with E-state index in [1.807, 2.05) is 29.2 Å². The molecular weight excluding hydrogens is 478 g/mol. The molecule has 2 heterocycles. The van der Waals surface area contributed by atoms with Crippen molar-refractivity contribution in [1.82, 2.24) is 9.21 Å². The number of piperidine rings is 1. The lowest BCUT2D eigenvalue weighted by Crippen LogP contribution is -2.53. The summed E-state index contributed by atoms with van der Waals surface area (Å²) in [4.78, 5) is 17.4. The zero-order valence-corrected chi connectivity index (χ0v) is 21.0. The van der Waals surface area contributed by atoms with Crippen LogP contribution in [-0.4, -0.2) is 77.0 Å². The molecule has 184 valence electrons. The van der Waals surface area contributed by atoms with Crippen LogP contribution in [0.5, 0.6) is 11.5 Å². The third-order valence-corrected chi connectivity index (χ3v) is 8.62. The summed E-state index contributed by atoms with van der Waals surface area (Å²) < 4.78 is 38.8. The van der Waals surface area contributed by atoms with Crippen LogP contribution in [0.4, 0.5) is 5.69 Å². The maximum atomic E-state index is 13.4. The molecule has 1 atom stereocenters. The quantitative estimate of drug-likeness (QED) is 0.598. The molecule has 2 aliphatic rings. The van der Waals surface area contributed by atoms with E-state index in [0.717, 1.165) is 11.4 Å². The minimum atomic E-state index is -3.85. The number of anilines is 1. The van der Waals surface area contributed by atoms with Gasteiger partial charge in [0.2, 0.25) is 15.9 Å². The first-order chi connectivity index (χ1) is 16.3. The van der Waals surface area contributed by atoms with E-state index >= 15 is 0 Å². The van der Waals surface area contributed by atoms with Gasteiger partial charge in [0.1, 0.15) is 16.4 Å². The van der Waals surface area contributed by atoms with E-state index in [4.69, 9.17) is 21.1 Å². The molecule has 0 bridgehead atoms. The number of carbonyl (C=O) groups excluding carboxylic acids is 1. The fraction of sp³-hybridized carbons (Fsp3) is 0.458. The van der Waals surface area contributed by atoms with Gasteiger partial charge in [-0.2, -0.15) is 4.31 Å². The molecule has 0 N–H and O–H groups in total. The number of hydrogen-bond donors (Lipinski definition) is 0. The van der Waals surface area contributed by atoms with E-state index in [1.165, 1.54) is 17.5 Å². The molecule has 0 saturated carbocycles. The molecule has 0 aromatic heterocycles. The van der Waals surface area contributed by atoms with E-state index < -0.39 is 10.0 Å². The van der Waals surface area contributed by atoms with Gasteiger partial charge in [0.25, 0.3) is 0 Å². The summed E-state index contributed by atoms with van der Waals surface area (Å²) in [5.41, 5.74) is 1.02. The zero-order valence-electron chi connectivity index (χ0n) is 19.4. The Labute approximate surface area is 206 Å². The SMILES string of the molecule is COc1ccccc1N1CCN(C(=O)[C@@H]2CCCN(S(=O)(=O)c3cc(Cl)ccc3OC)C2)CC1. The molecule has 10 heteroatoms. The lowest BCUT2D eigenvalue weighted by molar-refractivity contribution is -0.137. The van der Waals surface area contributed by atoms with Gasteiger partial charge in [-0.15, -0.1) is 0 Å². The molecule has 8 nitrogen and oxygen atoms in total. The van der Waals surface area contributed by atoms with Crippen LogP contribution in [0.25, 0.3) is 0 Å². The summed E-state index contributed by atoms with van der Waals surface area (Å²) in [5.74, 6) is 0.696. The van der Waals surface area contributed by atoms with Crippen molar-refractivity contribution in [3.63, 3.8) is 0 Å². The Morgan fingerprint density at radius 2 is 1.68 bits per heavy atom. The predicted molar refractivity (Wildman–Crippen MR) is 131 cm³/mol. The Bertz CT molecular complexity index is 1140. The number of rotatable bonds is 6. The van der Waals surface area contributed by atoms with Crippen LogP contribution in [0.2, 0.25) is 5.02 Å². The first-order valence-electron chi connectivity index (χ1n) is 11.4. The van der Waals surface area contributed by atoms with Crippen molar-refractivity contribution in [2.24, 2.45) is 5.92 Å². The van der Waals surface area contributed by atoms with E-state index in [-0.39, 0.29) is 29.0 Å². The lowest BCUT2D eigenvalue weighted by atomic mass is 9.97. The highest BCUT2D eigenvalue weighted by Gasteiger charge is 2.37. The first kappa shape index (κ1) is 24.6. The zero-order chi connectivity index (χ0) is 24.3. The van der Waals surface area contributed by atoms with Crippen molar-refractivity contribution < 1.29 is 22.7 Å². The standard InChI is InChI=1S/C24H30ClN3O5S/c1-32-21-8-4-3-7-20(21)26-12-14-27(15-13-26)24(29)18-6-5-11-28(17-18)34(30,31)23-16-19(25)9-10-22(23)33-2/h3-4,7-10,16,18H,5-6,11-15,17H2,1-2H3/t18-/m1/s1. The topological polar surface area (TPSA) is 79.4 Å². The molecule has 1 amide bonds. The van der Waals surface area contributed by atoms with Gasteiger partial charge in [0.15, 0.2) is 0 Å².